The van der Waals surface area contributed by atoms with E-state index in [9.17, 15) is 0 Å². The number of nitrogens with zero attached hydrogens (tertiary/aromatic N) is 1. The van der Waals surface area contributed by atoms with Crippen molar-refractivity contribution in [2.24, 2.45) is 5.73 Å². The van der Waals surface area contributed by atoms with Gasteiger partial charge in [0.05, 0.1) is 10.6 Å². The van der Waals surface area contributed by atoms with Gasteiger partial charge in [-0.3, -0.25) is 5.41 Å². The predicted molar refractivity (Wildman–Crippen MR) is 78.8 cm³/mol. The normalized spacial score (nSPS) is 13.4. The second kappa shape index (κ2) is 4.59. The maximum Gasteiger partial charge on any atom is 0.126 e. The average Bonchev–Trinajstić information content (AvgIpc) is 2.81. The van der Waals surface area contributed by atoms with Crippen LogP contribution < -0.4 is 10.6 Å². The molecule has 0 unspecified atom stereocenters. The Hall–Kier alpha value is -2.00. The molecule has 3 N–H and O–H groups in total. The van der Waals surface area contributed by atoms with Crippen LogP contribution in [0.5, 0.6) is 0 Å². The van der Waals surface area contributed by atoms with Gasteiger partial charge in [0.1, 0.15) is 5.84 Å². The van der Waals surface area contributed by atoms with Gasteiger partial charge >= 0.3 is 0 Å². The molecule has 19 heavy (non-hydrogen) atoms. The second-order valence-electron chi connectivity index (χ2n) is 4.67. The Morgan fingerprint density at radius 3 is 2.26 bits per heavy atom. The molecule has 0 aliphatic carbocycles. The van der Waals surface area contributed by atoms with Crippen molar-refractivity contribution in [3.05, 3.63) is 64.2 Å². The fourth-order valence-electron chi connectivity index (χ4n) is 2.55. The van der Waals surface area contributed by atoms with Crippen molar-refractivity contribution in [3.63, 3.8) is 0 Å². The topological polar surface area (TPSA) is 53.1 Å². The van der Waals surface area contributed by atoms with E-state index in [1.165, 1.54) is 11.1 Å². The van der Waals surface area contributed by atoms with Crippen LogP contribution in [0.3, 0.4) is 0 Å². The minimum absolute atomic E-state index is 0.0107. The number of amidine groups is 1. The summed E-state index contributed by atoms with van der Waals surface area (Å²) in [4.78, 5) is 2.20. The molecule has 0 bridgehead atoms. The molecule has 0 saturated carbocycles. The highest BCUT2D eigenvalue weighted by molar-refractivity contribution is 6.34. The summed E-state index contributed by atoms with van der Waals surface area (Å²) in [6, 6.07) is 14.0. The summed E-state index contributed by atoms with van der Waals surface area (Å²) in [5.74, 6) is 0.0107. The summed E-state index contributed by atoms with van der Waals surface area (Å²) in [7, 11) is 0. The Labute approximate surface area is 117 Å². The number of nitrogens with one attached hydrogen (secondary N) is 1. The fourth-order valence-corrected chi connectivity index (χ4v) is 2.82. The average molecular weight is 272 g/mol. The summed E-state index contributed by atoms with van der Waals surface area (Å²) < 4.78 is 0. The molecule has 2 aromatic rings. The number of hydrogen-bond donors (Lipinski definition) is 2. The van der Waals surface area contributed by atoms with E-state index >= 15 is 0 Å². The van der Waals surface area contributed by atoms with Gasteiger partial charge in [0.2, 0.25) is 0 Å². The molecule has 0 spiro atoms. The van der Waals surface area contributed by atoms with Gasteiger partial charge in [0, 0.05) is 18.8 Å². The van der Waals surface area contributed by atoms with Gasteiger partial charge in [-0.2, -0.15) is 0 Å². The van der Waals surface area contributed by atoms with Crippen LogP contribution in [0.1, 0.15) is 16.7 Å². The Morgan fingerprint density at radius 2 is 1.68 bits per heavy atom. The molecular weight excluding hydrogens is 258 g/mol. The first-order valence-electron chi connectivity index (χ1n) is 6.11. The molecule has 96 valence electrons. The minimum atomic E-state index is 0.0107. The van der Waals surface area contributed by atoms with Crippen LogP contribution in [0.4, 0.5) is 5.69 Å². The van der Waals surface area contributed by atoms with Crippen LogP contribution in [-0.2, 0) is 13.1 Å². The number of anilines is 1. The SMILES string of the molecule is N=C(N)c1c(Cl)cccc1N1Cc2ccccc2C1. The minimum Gasteiger partial charge on any atom is -0.384 e. The maximum atomic E-state index is 7.71. The lowest BCUT2D eigenvalue weighted by atomic mass is 10.1. The summed E-state index contributed by atoms with van der Waals surface area (Å²) in [5, 5.41) is 8.24. The molecule has 1 aliphatic rings. The molecule has 2 aromatic carbocycles. The standard InChI is InChI=1S/C15H14ClN3/c16-12-6-3-7-13(14(12)15(17)18)19-8-10-4-1-2-5-11(10)9-19/h1-7H,8-9H2,(H3,17,18). The Bertz CT molecular complexity index is 627. The zero-order valence-electron chi connectivity index (χ0n) is 10.4. The van der Waals surface area contributed by atoms with Gasteiger partial charge in [-0.25, -0.2) is 0 Å². The first kappa shape index (κ1) is 12.1. The molecule has 0 saturated heterocycles. The molecule has 1 heterocycles. The molecule has 0 aromatic heterocycles. The van der Waals surface area contributed by atoms with Crippen molar-refractivity contribution in [3.8, 4) is 0 Å². The summed E-state index contributed by atoms with van der Waals surface area (Å²) in [6.07, 6.45) is 0. The number of hydrogen-bond acceptors (Lipinski definition) is 2. The van der Waals surface area contributed by atoms with Crippen LogP contribution >= 0.6 is 11.6 Å². The lowest BCUT2D eigenvalue weighted by Gasteiger charge is -2.21. The van der Waals surface area contributed by atoms with Crippen molar-refractivity contribution >= 4 is 23.1 Å². The molecule has 0 atom stereocenters. The Morgan fingerprint density at radius 1 is 1.05 bits per heavy atom. The number of nitrogen functional groups attached to an aromatic ring is 1. The van der Waals surface area contributed by atoms with Gasteiger partial charge in [-0.15, -0.1) is 0 Å². The Balaban J connectivity index is 2.02. The third-order valence-electron chi connectivity index (χ3n) is 3.44. The number of benzene rings is 2. The van der Waals surface area contributed by atoms with Gasteiger partial charge in [0.25, 0.3) is 0 Å². The highest BCUT2D eigenvalue weighted by Crippen LogP contribution is 2.33. The predicted octanol–water partition coefficient (Wildman–Crippen LogP) is 3.14. The lowest BCUT2D eigenvalue weighted by molar-refractivity contribution is 0.879. The number of fused-ring (bicyclic) bond motifs is 1. The monoisotopic (exact) mass is 271 g/mol. The fraction of sp³-hybridized carbons (Fsp3) is 0.133. The number of halogens is 1. The zero-order valence-corrected chi connectivity index (χ0v) is 11.1. The van der Waals surface area contributed by atoms with Crippen LogP contribution in [0.15, 0.2) is 42.5 Å². The van der Waals surface area contributed by atoms with E-state index in [1.807, 2.05) is 24.3 Å². The molecule has 4 heteroatoms. The lowest BCUT2D eigenvalue weighted by Crippen LogP contribution is -2.21. The summed E-state index contributed by atoms with van der Waals surface area (Å²) in [6.45, 7) is 1.66. The van der Waals surface area contributed by atoms with Crippen molar-refractivity contribution in [2.45, 2.75) is 13.1 Å². The van der Waals surface area contributed by atoms with Crippen molar-refractivity contribution in [2.75, 3.05) is 4.90 Å². The molecule has 0 fully saturated rings. The smallest absolute Gasteiger partial charge is 0.126 e. The molecule has 0 radical (unpaired) electrons. The first-order chi connectivity index (χ1) is 9.16. The zero-order chi connectivity index (χ0) is 13.4. The molecule has 3 nitrogen and oxygen atoms in total. The van der Waals surface area contributed by atoms with E-state index in [0.29, 0.717) is 10.6 Å². The largest absolute Gasteiger partial charge is 0.384 e. The van der Waals surface area contributed by atoms with Gasteiger partial charge < -0.3 is 10.6 Å². The van der Waals surface area contributed by atoms with E-state index < -0.39 is 0 Å². The quantitative estimate of drug-likeness (QED) is 0.651. The van der Waals surface area contributed by atoms with Gasteiger partial charge in [0.15, 0.2) is 0 Å². The van der Waals surface area contributed by atoms with Gasteiger partial charge in [-0.05, 0) is 23.3 Å². The van der Waals surface area contributed by atoms with E-state index in [4.69, 9.17) is 22.7 Å². The van der Waals surface area contributed by atoms with Gasteiger partial charge in [-0.1, -0.05) is 41.9 Å². The molecule has 0 amide bonds. The van der Waals surface area contributed by atoms with E-state index in [1.54, 1.807) is 6.07 Å². The van der Waals surface area contributed by atoms with Crippen molar-refractivity contribution < 1.29 is 0 Å². The highest BCUT2D eigenvalue weighted by Gasteiger charge is 2.22. The first-order valence-corrected chi connectivity index (χ1v) is 6.49. The third kappa shape index (κ3) is 2.06. The van der Waals surface area contributed by atoms with Crippen LogP contribution in [0.25, 0.3) is 0 Å². The summed E-state index contributed by atoms with van der Waals surface area (Å²) in [5.41, 5.74) is 9.84. The van der Waals surface area contributed by atoms with E-state index in [2.05, 4.69) is 17.0 Å². The van der Waals surface area contributed by atoms with Crippen molar-refractivity contribution in [1.82, 2.24) is 0 Å². The van der Waals surface area contributed by atoms with E-state index in [-0.39, 0.29) is 5.84 Å². The molecular formula is C15H14ClN3. The van der Waals surface area contributed by atoms with Crippen molar-refractivity contribution in [1.29, 1.82) is 5.41 Å². The molecule has 3 rings (SSSR count). The van der Waals surface area contributed by atoms with Crippen LogP contribution in [0.2, 0.25) is 5.02 Å². The number of nitrogens with two attached hydrogens (primary N) is 1. The summed E-state index contributed by atoms with van der Waals surface area (Å²) >= 11 is 6.17. The highest BCUT2D eigenvalue weighted by atomic mass is 35.5. The third-order valence-corrected chi connectivity index (χ3v) is 3.76. The second-order valence-corrected chi connectivity index (χ2v) is 5.08. The van der Waals surface area contributed by atoms with Crippen LogP contribution in [-0.4, -0.2) is 5.84 Å². The maximum absolute atomic E-state index is 7.71. The van der Waals surface area contributed by atoms with E-state index in [0.717, 1.165) is 18.8 Å². The molecule has 1 aliphatic heterocycles. The number of rotatable bonds is 2. The Kier molecular flexibility index (Phi) is 2.91. The van der Waals surface area contributed by atoms with Crippen LogP contribution in [0, 0.1) is 5.41 Å².